The molecule has 2 aromatic rings. The molecule has 7 heteroatoms. The van der Waals surface area contributed by atoms with E-state index >= 15 is 0 Å². The Balaban J connectivity index is 0.000000148. The largest absolute Gasteiger partial charge is 0.398 e. The third kappa shape index (κ3) is 3.97. The van der Waals surface area contributed by atoms with Gasteiger partial charge in [-0.05, 0) is 66.8 Å². The summed E-state index contributed by atoms with van der Waals surface area (Å²) in [5.41, 5.74) is 14.1. The van der Waals surface area contributed by atoms with Crippen molar-refractivity contribution in [2.75, 3.05) is 19.3 Å². The molecular weight excluding hydrogens is 390 g/mol. The molecule has 0 spiro atoms. The number of fused-ring (bicyclic) bond motifs is 3. The standard InChI is InChI=1S/C12H15N.C9H9NO2S.H3NS/c13-12-10-5-1-3-8(10)7-9-4-2-6-11(9)12;1-10-3-2-8-7(9(10)12)4-6(5-11)13-8;1-2/h7H,1-6,13H2;4-5H,2-3H2,1H3;2H,1H2. The van der Waals surface area contributed by atoms with Gasteiger partial charge in [0.25, 0.3) is 5.91 Å². The lowest BCUT2D eigenvalue weighted by molar-refractivity contribution is 0.0782. The highest BCUT2D eigenvalue weighted by Crippen LogP contribution is 2.36. The van der Waals surface area contributed by atoms with Gasteiger partial charge in [0.2, 0.25) is 0 Å². The van der Waals surface area contributed by atoms with Crippen LogP contribution in [0.4, 0.5) is 5.69 Å². The van der Waals surface area contributed by atoms with Crippen LogP contribution < -0.4 is 10.9 Å². The number of thiol groups is 1. The number of amides is 1. The number of anilines is 1. The third-order valence-electron chi connectivity index (χ3n) is 5.72. The lowest BCUT2D eigenvalue weighted by Gasteiger charge is -2.21. The van der Waals surface area contributed by atoms with Crippen LogP contribution in [0.5, 0.6) is 0 Å². The van der Waals surface area contributed by atoms with Crippen molar-refractivity contribution in [1.82, 2.24) is 4.90 Å². The van der Waals surface area contributed by atoms with Gasteiger partial charge in [-0.2, -0.15) is 0 Å². The number of carbonyl (C=O) groups excluding carboxylic acids is 2. The Morgan fingerprint density at radius 1 is 1.04 bits per heavy atom. The molecule has 1 amide bonds. The number of aryl methyl sites for hydroxylation is 2. The van der Waals surface area contributed by atoms with Crippen LogP contribution in [0.15, 0.2) is 12.1 Å². The van der Waals surface area contributed by atoms with Crippen LogP contribution in [0.25, 0.3) is 0 Å². The number of benzene rings is 1. The lowest BCUT2D eigenvalue weighted by Crippen LogP contribution is -2.32. The highest BCUT2D eigenvalue weighted by molar-refractivity contribution is 7.77. The second kappa shape index (κ2) is 9.11. The zero-order chi connectivity index (χ0) is 20.3. The first-order valence-electron chi connectivity index (χ1n) is 9.59. The summed E-state index contributed by atoms with van der Waals surface area (Å²) in [5.74, 6) is 0.0330. The molecule has 0 saturated carbocycles. The molecule has 2 aliphatic carbocycles. The quantitative estimate of drug-likeness (QED) is 0.378. The van der Waals surface area contributed by atoms with E-state index in [1.165, 1.54) is 72.1 Å². The van der Waals surface area contributed by atoms with E-state index in [-0.39, 0.29) is 5.91 Å². The van der Waals surface area contributed by atoms with Gasteiger partial charge in [-0.3, -0.25) is 14.7 Å². The summed E-state index contributed by atoms with van der Waals surface area (Å²) in [5, 5.41) is 4.19. The van der Waals surface area contributed by atoms with Gasteiger partial charge in [0, 0.05) is 30.6 Å². The van der Waals surface area contributed by atoms with E-state index in [0.717, 1.165) is 29.8 Å². The molecule has 0 atom stereocenters. The number of hydrogen-bond acceptors (Lipinski definition) is 6. The molecule has 150 valence electrons. The van der Waals surface area contributed by atoms with Gasteiger partial charge in [-0.15, -0.1) is 24.2 Å². The van der Waals surface area contributed by atoms with Gasteiger partial charge in [0.05, 0.1) is 10.4 Å². The monoisotopic (exact) mass is 417 g/mol. The zero-order valence-corrected chi connectivity index (χ0v) is 17.9. The molecule has 0 radical (unpaired) electrons. The summed E-state index contributed by atoms with van der Waals surface area (Å²) in [6.07, 6.45) is 9.24. The van der Waals surface area contributed by atoms with Crippen molar-refractivity contribution >= 4 is 42.0 Å². The molecule has 0 bridgehead atoms. The molecule has 0 fully saturated rings. The van der Waals surface area contributed by atoms with E-state index < -0.39 is 0 Å². The number of hydrogen-bond donors (Lipinski definition) is 3. The van der Waals surface area contributed by atoms with E-state index in [2.05, 4.69) is 24.0 Å². The number of carbonyl (C=O) groups is 2. The number of nitrogen functional groups attached to an aromatic ring is 1. The molecule has 4 N–H and O–H groups in total. The van der Waals surface area contributed by atoms with Crippen molar-refractivity contribution in [1.29, 1.82) is 0 Å². The summed E-state index contributed by atoms with van der Waals surface area (Å²) >= 11 is 4.45. The van der Waals surface area contributed by atoms with E-state index in [1.54, 1.807) is 18.0 Å². The van der Waals surface area contributed by atoms with Gasteiger partial charge >= 0.3 is 0 Å². The van der Waals surface area contributed by atoms with Gasteiger partial charge in [-0.25, -0.2) is 0 Å². The molecule has 3 aliphatic rings. The maximum absolute atomic E-state index is 11.6. The van der Waals surface area contributed by atoms with Crippen molar-refractivity contribution < 1.29 is 9.59 Å². The zero-order valence-electron chi connectivity index (χ0n) is 16.2. The van der Waals surface area contributed by atoms with Crippen molar-refractivity contribution in [2.45, 2.75) is 44.9 Å². The first-order chi connectivity index (χ1) is 13.6. The maximum atomic E-state index is 11.6. The van der Waals surface area contributed by atoms with Crippen molar-refractivity contribution in [3.05, 3.63) is 49.7 Å². The van der Waals surface area contributed by atoms with Gasteiger partial charge < -0.3 is 10.6 Å². The Labute approximate surface area is 175 Å². The van der Waals surface area contributed by atoms with Crippen LogP contribution in [-0.4, -0.2) is 30.7 Å². The van der Waals surface area contributed by atoms with Gasteiger partial charge in [0.1, 0.15) is 0 Å². The average molecular weight is 418 g/mol. The number of aldehydes is 1. The molecule has 5 nitrogen and oxygen atoms in total. The van der Waals surface area contributed by atoms with Gasteiger partial charge in [0.15, 0.2) is 6.29 Å². The van der Waals surface area contributed by atoms with Crippen LogP contribution in [0.1, 0.15) is 60.0 Å². The Kier molecular flexibility index (Phi) is 6.80. The molecule has 28 heavy (non-hydrogen) atoms. The first kappa shape index (κ1) is 20.9. The number of nitrogens with two attached hydrogens (primary N) is 2. The normalized spacial score (nSPS) is 16.2. The van der Waals surface area contributed by atoms with Crippen molar-refractivity contribution in [3.63, 3.8) is 0 Å². The van der Waals surface area contributed by atoms with Crippen LogP contribution in [0.2, 0.25) is 0 Å². The topological polar surface area (TPSA) is 89.4 Å². The minimum Gasteiger partial charge on any atom is -0.398 e. The van der Waals surface area contributed by atoms with Crippen LogP contribution in [-0.2, 0) is 32.1 Å². The SMILES string of the molecule is CN1CCc2sc(C=O)cc2C1=O.NS.Nc1c2c(cc3c1CCC3)CCC2. The number of rotatable bonds is 1. The summed E-state index contributed by atoms with van der Waals surface area (Å²) in [6.45, 7) is 0.755. The Hall–Kier alpha value is -1.83. The number of nitrogens with zero attached hydrogens (tertiary/aromatic N) is 1. The van der Waals surface area contributed by atoms with E-state index in [1.807, 2.05) is 0 Å². The molecule has 0 unspecified atom stereocenters. The van der Waals surface area contributed by atoms with Gasteiger partial charge in [-0.1, -0.05) is 6.07 Å². The number of thiophene rings is 1. The van der Waals surface area contributed by atoms with Crippen molar-refractivity contribution in [2.24, 2.45) is 5.14 Å². The highest BCUT2D eigenvalue weighted by Gasteiger charge is 2.24. The second-order valence-electron chi connectivity index (χ2n) is 7.35. The minimum atomic E-state index is 0.0330. The van der Waals surface area contributed by atoms with E-state index in [4.69, 9.17) is 5.73 Å². The summed E-state index contributed by atoms with van der Waals surface area (Å²) in [4.78, 5) is 25.4. The smallest absolute Gasteiger partial charge is 0.254 e. The van der Waals surface area contributed by atoms with E-state index in [9.17, 15) is 9.59 Å². The molecule has 2 heterocycles. The first-order valence-corrected chi connectivity index (χ1v) is 10.9. The summed E-state index contributed by atoms with van der Waals surface area (Å²) in [6, 6.07) is 4.10. The molecule has 1 aliphatic heterocycles. The number of likely N-dealkylation sites (N-methyl/N-ethyl adjacent to an activating group) is 1. The molecule has 5 rings (SSSR count). The fraction of sp³-hybridized carbons (Fsp3) is 0.429. The Bertz CT molecular complexity index is 860. The average Bonchev–Trinajstić information content (AvgIpc) is 3.46. The summed E-state index contributed by atoms with van der Waals surface area (Å²) in [7, 11) is 1.78. The van der Waals surface area contributed by atoms with Crippen molar-refractivity contribution in [3.8, 4) is 0 Å². The van der Waals surface area contributed by atoms with Crippen LogP contribution in [0, 0.1) is 0 Å². The van der Waals surface area contributed by atoms with Crippen LogP contribution in [0.3, 0.4) is 0 Å². The highest BCUT2D eigenvalue weighted by atomic mass is 32.1. The maximum Gasteiger partial charge on any atom is 0.254 e. The lowest BCUT2D eigenvalue weighted by atomic mass is 9.99. The fourth-order valence-electron chi connectivity index (χ4n) is 4.31. The Morgan fingerprint density at radius 3 is 2.21 bits per heavy atom. The summed E-state index contributed by atoms with van der Waals surface area (Å²) < 4.78 is 0. The third-order valence-corrected chi connectivity index (χ3v) is 6.84. The minimum absolute atomic E-state index is 0.0330. The molecule has 1 aromatic heterocycles. The second-order valence-corrected chi connectivity index (χ2v) is 8.52. The molecular formula is C21H27N3O2S2. The molecule has 0 saturated heterocycles. The molecule has 1 aromatic carbocycles. The fourth-order valence-corrected chi connectivity index (χ4v) is 5.27. The van der Waals surface area contributed by atoms with Crippen LogP contribution >= 0.6 is 24.2 Å². The Morgan fingerprint density at radius 2 is 1.64 bits per heavy atom. The predicted molar refractivity (Wildman–Crippen MR) is 118 cm³/mol. The van der Waals surface area contributed by atoms with E-state index in [0.29, 0.717) is 10.4 Å². The predicted octanol–water partition coefficient (Wildman–Crippen LogP) is 3.22.